The summed E-state index contributed by atoms with van der Waals surface area (Å²) in [5, 5.41) is 1.65. The van der Waals surface area contributed by atoms with Crippen molar-refractivity contribution in [3.05, 3.63) is 76.2 Å². The Kier molecular flexibility index (Phi) is 8.92. The van der Waals surface area contributed by atoms with Gasteiger partial charge in [-0.1, -0.05) is 51.6 Å². The summed E-state index contributed by atoms with van der Waals surface area (Å²) in [5.41, 5.74) is 4.63. The van der Waals surface area contributed by atoms with E-state index in [0.29, 0.717) is 25.2 Å². The van der Waals surface area contributed by atoms with E-state index in [0.717, 1.165) is 63.9 Å². The summed E-state index contributed by atoms with van der Waals surface area (Å²) in [7, 11) is 0. The van der Waals surface area contributed by atoms with Crippen molar-refractivity contribution in [2.75, 3.05) is 6.61 Å². The molecule has 43 heavy (non-hydrogen) atoms. The molecule has 3 aromatic rings. The fraction of sp³-hybridized carbons (Fsp3) is 0.441. The number of fused-ring (bicyclic) bond motifs is 1. The number of ether oxygens (including phenoxy) is 3. The molecule has 1 fully saturated rings. The van der Waals surface area contributed by atoms with Gasteiger partial charge in [0.05, 0.1) is 18.1 Å². The van der Waals surface area contributed by atoms with Gasteiger partial charge in [-0.05, 0) is 80.3 Å². The van der Waals surface area contributed by atoms with Gasteiger partial charge in [0.2, 0.25) is 11.7 Å². The van der Waals surface area contributed by atoms with Crippen molar-refractivity contribution in [2.45, 2.75) is 89.9 Å². The molecule has 2 aliphatic heterocycles. The van der Waals surface area contributed by atoms with Crippen molar-refractivity contribution < 1.29 is 33.0 Å². The van der Waals surface area contributed by atoms with Crippen LogP contribution in [0.5, 0.6) is 17.2 Å². The Morgan fingerprint density at radius 3 is 2.42 bits per heavy atom. The molecule has 8 nitrogen and oxygen atoms in total. The van der Waals surface area contributed by atoms with Crippen molar-refractivity contribution in [3.63, 3.8) is 0 Å². The van der Waals surface area contributed by atoms with E-state index >= 15 is 0 Å². The Labute approximate surface area is 256 Å². The molecule has 9 heteroatoms. The maximum Gasteiger partial charge on any atom is 0.379 e. The predicted octanol–water partition coefficient (Wildman–Crippen LogP) is 7.50. The van der Waals surface area contributed by atoms with Crippen LogP contribution in [0.4, 0.5) is 4.79 Å². The molecule has 0 bridgehead atoms. The van der Waals surface area contributed by atoms with Gasteiger partial charge in [0.15, 0.2) is 0 Å². The van der Waals surface area contributed by atoms with Crippen LogP contribution in [0.15, 0.2) is 47.1 Å². The molecule has 0 saturated carbocycles. The SMILES string of the molecule is Cc1c2c(c(C(C)C)c(OC(=O)c3ccco3)c1C(C)C)CCC(C)(CCOc1ccc(CC3SC(=O)NC3=O)cc1)O2. The molecule has 0 spiro atoms. The van der Waals surface area contributed by atoms with Crippen LogP contribution in [0.1, 0.15) is 97.7 Å². The molecule has 2 aliphatic rings. The quantitative estimate of drug-likeness (QED) is 0.187. The van der Waals surface area contributed by atoms with E-state index in [1.165, 1.54) is 6.26 Å². The molecule has 0 aliphatic carbocycles. The number of amides is 2. The molecule has 2 amide bonds. The van der Waals surface area contributed by atoms with Crippen LogP contribution in [0.25, 0.3) is 0 Å². The summed E-state index contributed by atoms with van der Waals surface area (Å²) in [6, 6.07) is 10.9. The normalized spacial score (nSPS) is 19.8. The smallest absolute Gasteiger partial charge is 0.379 e. The third kappa shape index (κ3) is 6.61. The second kappa shape index (κ2) is 12.5. The Morgan fingerprint density at radius 1 is 1.09 bits per heavy atom. The minimum absolute atomic E-state index is 0.104. The number of carbonyl (C=O) groups is 3. The van der Waals surface area contributed by atoms with Crippen LogP contribution in [-0.2, 0) is 17.6 Å². The number of rotatable bonds is 10. The first kappa shape index (κ1) is 30.7. The number of esters is 1. The molecule has 1 aromatic heterocycles. The zero-order chi connectivity index (χ0) is 30.9. The largest absolute Gasteiger partial charge is 0.493 e. The molecule has 1 saturated heterocycles. The number of hydrogen-bond acceptors (Lipinski definition) is 8. The molecule has 228 valence electrons. The molecule has 3 heterocycles. The number of carbonyl (C=O) groups excluding carboxylic acids is 3. The van der Waals surface area contributed by atoms with E-state index in [2.05, 4.69) is 46.9 Å². The fourth-order valence-corrected chi connectivity index (χ4v) is 6.83. The lowest BCUT2D eigenvalue weighted by Gasteiger charge is -2.39. The Bertz CT molecular complexity index is 1510. The minimum atomic E-state index is -0.502. The van der Waals surface area contributed by atoms with E-state index in [4.69, 9.17) is 18.6 Å². The Balaban J connectivity index is 1.30. The lowest BCUT2D eigenvalue weighted by atomic mass is 9.80. The van der Waals surface area contributed by atoms with Gasteiger partial charge in [0, 0.05) is 23.1 Å². The highest BCUT2D eigenvalue weighted by atomic mass is 32.2. The molecule has 2 atom stereocenters. The predicted molar refractivity (Wildman–Crippen MR) is 166 cm³/mol. The summed E-state index contributed by atoms with van der Waals surface area (Å²) in [4.78, 5) is 36.3. The standard InChI is InChI=1S/C34H39NO7S/c1-19(2)27-21(5)29-24(28(20(3)4)30(27)41-32(37)25-8-7-16-40-25)13-14-34(6,42-29)15-17-39-23-11-9-22(10-12-23)18-26-31(36)35-33(38)43-26/h7-12,16,19-20,26H,13-15,17-18H2,1-6H3,(H,35,36,38). The summed E-state index contributed by atoms with van der Waals surface area (Å²) in [6.45, 7) is 13.1. The summed E-state index contributed by atoms with van der Waals surface area (Å²) in [5.74, 6) is 1.91. The molecule has 2 aromatic carbocycles. The Hall–Kier alpha value is -3.72. The van der Waals surface area contributed by atoms with Gasteiger partial charge >= 0.3 is 5.97 Å². The highest BCUT2D eigenvalue weighted by molar-refractivity contribution is 8.15. The van der Waals surface area contributed by atoms with Crippen molar-refractivity contribution in [3.8, 4) is 17.2 Å². The van der Waals surface area contributed by atoms with Crippen LogP contribution in [0.3, 0.4) is 0 Å². The van der Waals surface area contributed by atoms with Gasteiger partial charge in [-0.2, -0.15) is 0 Å². The third-order valence-electron chi connectivity index (χ3n) is 8.17. The maximum absolute atomic E-state index is 13.0. The molecule has 1 N–H and O–H groups in total. The highest BCUT2D eigenvalue weighted by Gasteiger charge is 2.38. The van der Waals surface area contributed by atoms with Crippen molar-refractivity contribution in [2.24, 2.45) is 0 Å². The van der Waals surface area contributed by atoms with E-state index in [1.807, 2.05) is 24.3 Å². The first-order valence-electron chi connectivity index (χ1n) is 14.8. The summed E-state index contributed by atoms with van der Waals surface area (Å²) < 4.78 is 24.3. The van der Waals surface area contributed by atoms with Gasteiger partial charge in [-0.15, -0.1) is 0 Å². The van der Waals surface area contributed by atoms with Gasteiger partial charge in [-0.25, -0.2) is 4.79 Å². The highest BCUT2D eigenvalue weighted by Crippen LogP contribution is 2.49. The van der Waals surface area contributed by atoms with Crippen molar-refractivity contribution in [1.82, 2.24) is 5.32 Å². The van der Waals surface area contributed by atoms with E-state index < -0.39 is 11.6 Å². The number of thioether (sulfide) groups is 1. The lowest BCUT2D eigenvalue weighted by Crippen LogP contribution is -2.39. The van der Waals surface area contributed by atoms with Gasteiger partial charge < -0.3 is 18.6 Å². The van der Waals surface area contributed by atoms with E-state index in [1.54, 1.807) is 12.1 Å². The molecule has 5 rings (SSSR count). The van der Waals surface area contributed by atoms with Crippen LogP contribution >= 0.6 is 11.8 Å². The first-order chi connectivity index (χ1) is 20.5. The second-order valence-electron chi connectivity index (χ2n) is 12.1. The third-order valence-corrected chi connectivity index (χ3v) is 9.15. The number of imide groups is 1. The molecular weight excluding hydrogens is 566 g/mol. The monoisotopic (exact) mass is 605 g/mol. The molecular formula is C34H39NO7S. The van der Waals surface area contributed by atoms with Crippen molar-refractivity contribution in [1.29, 1.82) is 0 Å². The Morgan fingerprint density at radius 2 is 1.81 bits per heavy atom. The van der Waals surface area contributed by atoms with Gasteiger partial charge in [-0.3, -0.25) is 14.9 Å². The average Bonchev–Trinajstić information content (AvgIpc) is 3.59. The summed E-state index contributed by atoms with van der Waals surface area (Å²) >= 11 is 1.03. The van der Waals surface area contributed by atoms with Crippen LogP contribution in [0, 0.1) is 6.92 Å². The average molecular weight is 606 g/mol. The number of benzene rings is 2. The maximum atomic E-state index is 13.0. The van der Waals surface area contributed by atoms with Crippen molar-refractivity contribution >= 4 is 28.9 Å². The molecule has 2 unspecified atom stereocenters. The zero-order valence-electron chi connectivity index (χ0n) is 25.6. The van der Waals surface area contributed by atoms with E-state index in [-0.39, 0.29) is 34.0 Å². The number of nitrogens with one attached hydrogen (secondary N) is 1. The molecule has 0 radical (unpaired) electrons. The fourth-order valence-electron chi connectivity index (χ4n) is 5.97. The zero-order valence-corrected chi connectivity index (χ0v) is 26.4. The minimum Gasteiger partial charge on any atom is -0.493 e. The van der Waals surface area contributed by atoms with E-state index in [9.17, 15) is 14.4 Å². The summed E-state index contributed by atoms with van der Waals surface area (Å²) in [6.07, 6.45) is 4.25. The first-order valence-corrected chi connectivity index (χ1v) is 15.7. The number of hydrogen-bond donors (Lipinski definition) is 1. The van der Waals surface area contributed by atoms with Crippen LogP contribution < -0.4 is 19.5 Å². The number of furan rings is 1. The lowest BCUT2D eigenvalue weighted by molar-refractivity contribution is -0.118. The topological polar surface area (TPSA) is 104 Å². The van der Waals surface area contributed by atoms with Gasteiger partial charge in [0.25, 0.3) is 5.24 Å². The van der Waals surface area contributed by atoms with Crippen LogP contribution in [-0.4, -0.2) is 34.6 Å². The van der Waals surface area contributed by atoms with Gasteiger partial charge in [0.1, 0.15) is 22.8 Å². The van der Waals surface area contributed by atoms with Crippen LogP contribution in [0.2, 0.25) is 0 Å². The second-order valence-corrected chi connectivity index (χ2v) is 13.3.